The van der Waals surface area contributed by atoms with E-state index in [1.165, 1.54) is 4.31 Å². The Hall–Kier alpha value is -3.08. The molecule has 152 valence electrons. The summed E-state index contributed by atoms with van der Waals surface area (Å²) < 4.78 is 27.1. The summed E-state index contributed by atoms with van der Waals surface area (Å²) in [7, 11) is -3.48. The molecule has 0 atom stereocenters. The first-order valence-corrected chi connectivity index (χ1v) is 11.0. The van der Waals surface area contributed by atoms with E-state index in [0.29, 0.717) is 65.7 Å². The van der Waals surface area contributed by atoms with E-state index in [2.05, 4.69) is 25.1 Å². The van der Waals surface area contributed by atoms with Gasteiger partial charge in [-0.15, -0.1) is 10.2 Å². The highest BCUT2D eigenvalue weighted by atomic mass is 32.2. The molecule has 5 rings (SSSR count). The summed E-state index contributed by atoms with van der Waals surface area (Å²) in [5, 5.41) is 8.23. The van der Waals surface area contributed by atoms with Gasteiger partial charge in [0.15, 0.2) is 5.82 Å². The number of piperazine rings is 1. The molecule has 0 aliphatic carbocycles. The minimum atomic E-state index is -3.48. The lowest BCUT2D eigenvalue weighted by Crippen LogP contribution is -2.48. The summed E-state index contributed by atoms with van der Waals surface area (Å²) in [5.74, 6) is 0.581. The molecule has 1 saturated heterocycles. The van der Waals surface area contributed by atoms with Crippen LogP contribution in [0.2, 0.25) is 0 Å². The monoisotopic (exact) mass is 422 g/mol. The third kappa shape index (κ3) is 3.28. The van der Waals surface area contributed by atoms with Crippen molar-refractivity contribution in [3.8, 4) is 0 Å². The van der Waals surface area contributed by atoms with Crippen LogP contribution in [0.1, 0.15) is 16.2 Å². The Morgan fingerprint density at radius 1 is 0.867 bits per heavy atom. The summed E-state index contributed by atoms with van der Waals surface area (Å²) in [6.07, 6.45) is 0. The molecule has 1 amide bonds. The number of carbonyl (C=O) groups is 1. The molecule has 9 nitrogen and oxygen atoms in total. The molecule has 10 heteroatoms. The van der Waals surface area contributed by atoms with Crippen LogP contribution in [0.3, 0.4) is 0 Å². The number of amides is 1. The zero-order chi connectivity index (χ0) is 20.7. The van der Waals surface area contributed by atoms with E-state index >= 15 is 0 Å². The maximum Gasteiger partial charge on any atom is 0.296 e. The van der Waals surface area contributed by atoms with Gasteiger partial charge in [-0.1, -0.05) is 24.3 Å². The van der Waals surface area contributed by atoms with Crippen molar-refractivity contribution >= 4 is 32.7 Å². The summed E-state index contributed by atoms with van der Waals surface area (Å²) >= 11 is 0. The SMILES string of the molecule is O=C1N=Nc2nc(CN3CCN(S(=O)(=O)c4ccccc4)CC3)nc3cccc1c23. The zero-order valence-electron chi connectivity index (χ0n) is 16.0. The molecule has 2 aliphatic rings. The Kier molecular flexibility index (Phi) is 4.61. The molecule has 1 aromatic heterocycles. The van der Waals surface area contributed by atoms with Crippen LogP contribution in [0.15, 0.2) is 63.7 Å². The average Bonchev–Trinajstić information content (AvgIpc) is 2.77. The van der Waals surface area contributed by atoms with Crippen molar-refractivity contribution in [3.05, 3.63) is 59.9 Å². The third-order valence-corrected chi connectivity index (χ3v) is 7.21. The van der Waals surface area contributed by atoms with E-state index in [-0.39, 0.29) is 5.91 Å². The van der Waals surface area contributed by atoms with Crippen LogP contribution in [0.5, 0.6) is 0 Å². The van der Waals surface area contributed by atoms with Gasteiger partial charge in [-0.2, -0.15) is 4.31 Å². The van der Waals surface area contributed by atoms with Crippen molar-refractivity contribution in [1.29, 1.82) is 0 Å². The number of carbonyl (C=O) groups excluding carboxylic acids is 1. The second-order valence-corrected chi connectivity index (χ2v) is 9.10. The lowest BCUT2D eigenvalue weighted by atomic mass is 10.1. The lowest BCUT2D eigenvalue weighted by molar-refractivity contribution is 0.0995. The third-order valence-electron chi connectivity index (χ3n) is 5.29. The van der Waals surface area contributed by atoms with Gasteiger partial charge in [0.1, 0.15) is 5.82 Å². The van der Waals surface area contributed by atoms with Gasteiger partial charge in [-0.3, -0.25) is 9.69 Å². The molecule has 0 N–H and O–H groups in total. The Bertz CT molecular complexity index is 1270. The van der Waals surface area contributed by atoms with Crippen molar-refractivity contribution in [2.75, 3.05) is 26.2 Å². The molecule has 0 bridgehead atoms. The number of aromatic nitrogens is 2. The molecule has 3 aromatic rings. The van der Waals surface area contributed by atoms with Crippen molar-refractivity contribution in [1.82, 2.24) is 19.2 Å². The molecule has 0 saturated carbocycles. The predicted octanol–water partition coefficient (Wildman–Crippen LogP) is 2.37. The van der Waals surface area contributed by atoms with Gasteiger partial charge in [-0.25, -0.2) is 18.4 Å². The molecular formula is C20H18N6O3S. The highest BCUT2D eigenvalue weighted by molar-refractivity contribution is 7.89. The fourth-order valence-electron chi connectivity index (χ4n) is 3.75. The second kappa shape index (κ2) is 7.31. The average molecular weight is 422 g/mol. The van der Waals surface area contributed by atoms with Crippen LogP contribution in [-0.4, -0.2) is 59.7 Å². The molecule has 0 spiro atoms. The minimum absolute atomic E-state index is 0.311. The standard InChI is InChI=1S/C20H18N6O3S/c27-20-15-7-4-8-16-18(15)19(23-24-20)22-17(21-16)13-25-9-11-26(12-10-25)30(28,29)14-5-2-1-3-6-14/h1-8H,9-13H2. The van der Waals surface area contributed by atoms with Crippen LogP contribution in [0.25, 0.3) is 10.9 Å². The van der Waals surface area contributed by atoms with Gasteiger partial charge in [-0.05, 0) is 24.3 Å². The van der Waals surface area contributed by atoms with Crippen molar-refractivity contribution in [2.24, 2.45) is 10.2 Å². The summed E-state index contributed by atoms with van der Waals surface area (Å²) in [6.45, 7) is 2.41. The first-order chi connectivity index (χ1) is 14.5. The van der Waals surface area contributed by atoms with Gasteiger partial charge >= 0.3 is 0 Å². The first kappa shape index (κ1) is 18.9. The number of hydrogen-bond donors (Lipinski definition) is 0. The molecular weight excluding hydrogens is 404 g/mol. The van der Waals surface area contributed by atoms with E-state index in [1.54, 1.807) is 42.5 Å². The summed E-state index contributed by atoms with van der Waals surface area (Å²) in [5.41, 5.74) is 1.12. The smallest absolute Gasteiger partial charge is 0.293 e. The molecule has 30 heavy (non-hydrogen) atoms. The fraction of sp³-hybridized carbons (Fsp3) is 0.250. The fourth-order valence-corrected chi connectivity index (χ4v) is 5.19. The van der Waals surface area contributed by atoms with E-state index in [4.69, 9.17) is 0 Å². The lowest BCUT2D eigenvalue weighted by Gasteiger charge is -2.33. The summed E-state index contributed by atoms with van der Waals surface area (Å²) in [6, 6.07) is 13.8. The molecule has 2 aromatic carbocycles. The van der Waals surface area contributed by atoms with Crippen LogP contribution >= 0.6 is 0 Å². The molecule has 0 unspecified atom stereocenters. The van der Waals surface area contributed by atoms with E-state index in [0.717, 1.165) is 0 Å². The number of benzene rings is 2. The summed E-state index contributed by atoms with van der Waals surface area (Å²) in [4.78, 5) is 23.4. The topological polar surface area (TPSA) is 108 Å². The van der Waals surface area contributed by atoms with Crippen molar-refractivity contribution in [3.63, 3.8) is 0 Å². The number of hydrogen-bond acceptors (Lipinski definition) is 7. The van der Waals surface area contributed by atoms with Gasteiger partial charge in [0, 0.05) is 26.2 Å². The predicted molar refractivity (Wildman–Crippen MR) is 109 cm³/mol. The Morgan fingerprint density at radius 3 is 2.40 bits per heavy atom. The second-order valence-electron chi connectivity index (χ2n) is 7.16. The van der Waals surface area contributed by atoms with Gasteiger partial charge in [0.2, 0.25) is 10.0 Å². The Morgan fingerprint density at radius 2 is 1.63 bits per heavy atom. The first-order valence-electron chi connectivity index (χ1n) is 9.56. The van der Waals surface area contributed by atoms with Gasteiger partial charge < -0.3 is 0 Å². The molecule has 2 aliphatic heterocycles. The van der Waals surface area contributed by atoms with Crippen LogP contribution < -0.4 is 0 Å². The van der Waals surface area contributed by atoms with Crippen molar-refractivity contribution in [2.45, 2.75) is 11.4 Å². The van der Waals surface area contributed by atoms with E-state index in [9.17, 15) is 13.2 Å². The number of sulfonamides is 1. The minimum Gasteiger partial charge on any atom is -0.293 e. The number of nitrogens with zero attached hydrogens (tertiary/aromatic N) is 6. The highest BCUT2D eigenvalue weighted by Crippen LogP contribution is 2.31. The molecule has 0 radical (unpaired) electrons. The van der Waals surface area contributed by atoms with Gasteiger partial charge in [0.05, 0.1) is 27.9 Å². The van der Waals surface area contributed by atoms with Crippen LogP contribution in [0, 0.1) is 0 Å². The van der Waals surface area contributed by atoms with Crippen LogP contribution in [-0.2, 0) is 16.6 Å². The Labute approximate surface area is 173 Å². The highest BCUT2D eigenvalue weighted by Gasteiger charge is 2.29. The number of azo groups is 1. The largest absolute Gasteiger partial charge is 0.296 e. The maximum absolute atomic E-state index is 12.8. The molecule has 3 heterocycles. The Balaban J connectivity index is 1.32. The number of rotatable bonds is 4. The molecule has 1 fully saturated rings. The van der Waals surface area contributed by atoms with Crippen LogP contribution in [0.4, 0.5) is 5.82 Å². The van der Waals surface area contributed by atoms with E-state index in [1.807, 2.05) is 6.07 Å². The normalized spacial score (nSPS) is 17.5. The quantitative estimate of drug-likeness (QED) is 0.639. The van der Waals surface area contributed by atoms with Gasteiger partial charge in [0.25, 0.3) is 5.91 Å². The van der Waals surface area contributed by atoms with Crippen molar-refractivity contribution < 1.29 is 13.2 Å². The maximum atomic E-state index is 12.8. The zero-order valence-corrected chi connectivity index (χ0v) is 16.8. The van der Waals surface area contributed by atoms with E-state index < -0.39 is 10.0 Å².